The Morgan fingerprint density at radius 1 is 0.903 bits per heavy atom. The fourth-order valence-electron chi connectivity index (χ4n) is 4.45. The van der Waals surface area contributed by atoms with Crippen molar-refractivity contribution in [1.82, 2.24) is 10.1 Å². The number of fused-ring (bicyclic) bond motifs is 2. The lowest BCUT2D eigenvalue weighted by molar-refractivity contribution is 0.372. The Kier molecular flexibility index (Phi) is 5.14. The topological polar surface area (TPSA) is 51.0 Å². The van der Waals surface area contributed by atoms with Gasteiger partial charge in [0.2, 0.25) is 5.82 Å². The summed E-state index contributed by atoms with van der Waals surface area (Å²) in [5, 5.41) is 8.09. The van der Waals surface area contributed by atoms with E-state index in [2.05, 4.69) is 89.6 Å². The maximum atomic E-state index is 5.83. The molecule has 0 bridgehead atoms. The first-order chi connectivity index (χ1) is 15.0. The quantitative estimate of drug-likeness (QED) is 0.339. The van der Waals surface area contributed by atoms with Crippen LogP contribution in [0.15, 0.2) is 75.7 Å². The van der Waals surface area contributed by atoms with Crippen LogP contribution in [0.4, 0.5) is 5.69 Å². The third-order valence-corrected chi connectivity index (χ3v) is 6.77. The number of anilines is 1. The summed E-state index contributed by atoms with van der Waals surface area (Å²) in [6.07, 6.45) is 0. The zero-order valence-electron chi connectivity index (χ0n) is 17.8. The Morgan fingerprint density at radius 2 is 1.61 bits per heavy atom. The van der Waals surface area contributed by atoms with E-state index in [9.17, 15) is 0 Å². The minimum absolute atomic E-state index is 0.219. The molecule has 3 aromatic carbocycles. The van der Waals surface area contributed by atoms with Gasteiger partial charge in [-0.05, 0) is 40.3 Å². The predicted molar refractivity (Wildman–Crippen MR) is 127 cm³/mol. The maximum absolute atomic E-state index is 5.83. The van der Waals surface area contributed by atoms with Gasteiger partial charge in [-0.1, -0.05) is 96.5 Å². The van der Waals surface area contributed by atoms with Gasteiger partial charge in [0.25, 0.3) is 5.89 Å². The number of nitrogens with zero attached hydrogens (tertiary/aromatic N) is 2. The van der Waals surface area contributed by atoms with E-state index < -0.39 is 0 Å². The van der Waals surface area contributed by atoms with Crippen molar-refractivity contribution in [2.45, 2.75) is 38.6 Å². The number of nitrogens with one attached hydrogen (secondary N) is 1. The molecule has 0 radical (unpaired) electrons. The van der Waals surface area contributed by atoms with Crippen LogP contribution in [0.5, 0.6) is 0 Å². The molecule has 1 aliphatic heterocycles. The van der Waals surface area contributed by atoms with Crippen LogP contribution in [0, 0.1) is 0 Å². The minimum Gasteiger partial charge on any atom is -0.370 e. The lowest BCUT2D eigenvalue weighted by Crippen LogP contribution is -2.14. The molecular formula is C26H24BrN3O. The Hall–Kier alpha value is -2.92. The van der Waals surface area contributed by atoms with Gasteiger partial charge in [0.1, 0.15) is 6.04 Å². The lowest BCUT2D eigenvalue weighted by Gasteiger charge is -2.21. The highest BCUT2D eigenvalue weighted by molar-refractivity contribution is 9.10. The van der Waals surface area contributed by atoms with E-state index >= 15 is 0 Å². The summed E-state index contributed by atoms with van der Waals surface area (Å²) in [4.78, 5) is 4.81. The van der Waals surface area contributed by atoms with Crippen LogP contribution >= 0.6 is 15.9 Å². The molecule has 31 heavy (non-hydrogen) atoms. The van der Waals surface area contributed by atoms with E-state index in [0.29, 0.717) is 17.6 Å². The fourth-order valence-corrected chi connectivity index (χ4v) is 4.92. The summed E-state index contributed by atoms with van der Waals surface area (Å²) in [5.74, 6) is 1.80. The molecule has 1 aromatic heterocycles. The first kappa shape index (κ1) is 20.0. The van der Waals surface area contributed by atoms with Gasteiger partial charge in [-0.2, -0.15) is 4.98 Å². The molecule has 5 rings (SSSR count). The van der Waals surface area contributed by atoms with Crippen LogP contribution in [0.25, 0.3) is 11.4 Å². The lowest BCUT2D eigenvalue weighted by atomic mass is 9.87. The number of benzene rings is 3. The first-order valence-electron chi connectivity index (χ1n) is 10.6. The maximum Gasteiger partial charge on any atom is 0.254 e. The zero-order chi connectivity index (χ0) is 21.5. The van der Waals surface area contributed by atoms with Crippen molar-refractivity contribution in [3.8, 4) is 11.4 Å². The number of hydrogen-bond donors (Lipinski definition) is 1. The van der Waals surface area contributed by atoms with Gasteiger partial charge < -0.3 is 9.84 Å². The summed E-state index contributed by atoms with van der Waals surface area (Å²) >= 11 is 3.59. The van der Waals surface area contributed by atoms with E-state index in [1.54, 1.807) is 0 Å². The van der Waals surface area contributed by atoms with Gasteiger partial charge in [-0.25, -0.2) is 0 Å². The molecule has 1 aliphatic rings. The highest BCUT2D eigenvalue weighted by Gasteiger charge is 2.32. The molecule has 2 atom stereocenters. The summed E-state index contributed by atoms with van der Waals surface area (Å²) in [5.41, 5.74) is 7.13. The molecule has 0 saturated carbocycles. The molecule has 4 nitrogen and oxygen atoms in total. The molecule has 4 aromatic rings. The number of aromatic nitrogens is 2. The van der Waals surface area contributed by atoms with E-state index in [0.717, 1.165) is 10.0 Å². The highest BCUT2D eigenvalue weighted by atomic mass is 79.9. The van der Waals surface area contributed by atoms with Gasteiger partial charge in [0, 0.05) is 21.6 Å². The molecule has 0 saturated heterocycles. The standard InChI is InChI=1S/C26H24BrN3O/c1-15(2)17-12-8-13-19-16(3)18-9-4-5-10-20(18)24(28-23(17)19)26-29-25(30-31-26)21-11-6-7-14-22(21)27/h4-16,24,28H,1-3H3. The van der Waals surface area contributed by atoms with Crippen molar-refractivity contribution in [2.24, 2.45) is 0 Å². The van der Waals surface area contributed by atoms with Gasteiger partial charge in [0.05, 0.1) is 0 Å². The monoisotopic (exact) mass is 473 g/mol. The zero-order valence-corrected chi connectivity index (χ0v) is 19.3. The van der Waals surface area contributed by atoms with Crippen LogP contribution < -0.4 is 5.32 Å². The summed E-state index contributed by atoms with van der Waals surface area (Å²) in [6, 6.07) is 22.8. The van der Waals surface area contributed by atoms with Crippen molar-refractivity contribution < 1.29 is 4.52 Å². The Morgan fingerprint density at radius 3 is 2.39 bits per heavy atom. The van der Waals surface area contributed by atoms with Gasteiger partial charge >= 0.3 is 0 Å². The Labute approximate surface area is 190 Å². The molecule has 1 N–H and O–H groups in total. The van der Waals surface area contributed by atoms with Crippen LogP contribution in [0.3, 0.4) is 0 Å². The van der Waals surface area contributed by atoms with Crippen LogP contribution in [0.1, 0.15) is 66.8 Å². The van der Waals surface area contributed by atoms with Crippen molar-refractivity contribution in [3.63, 3.8) is 0 Å². The van der Waals surface area contributed by atoms with Gasteiger partial charge in [0.15, 0.2) is 0 Å². The highest BCUT2D eigenvalue weighted by Crippen LogP contribution is 2.44. The predicted octanol–water partition coefficient (Wildman–Crippen LogP) is 7.29. The second-order valence-electron chi connectivity index (χ2n) is 8.33. The smallest absolute Gasteiger partial charge is 0.254 e. The second kappa shape index (κ2) is 7.97. The number of hydrogen-bond acceptors (Lipinski definition) is 4. The number of halogens is 1. The normalized spacial score (nSPS) is 17.6. The summed E-state index contributed by atoms with van der Waals surface area (Å²) in [6.45, 7) is 6.73. The third kappa shape index (κ3) is 3.47. The van der Waals surface area contributed by atoms with Crippen LogP contribution in [-0.4, -0.2) is 10.1 Å². The molecule has 0 amide bonds. The SMILES string of the molecule is CC(C)c1cccc2c1NC(c1nc(-c3ccccc3Br)no1)c1ccccc1C2C. The van der Waals surface area contributed by atoms with Gasteiger partial charge in [-0.15, -0.1) is 0 Å². The fraction of sp³-hybridized carbons (Fsp3) is 0.231. The van der Waals surface area contributed by atoms with E-state index in [4.69, 9.17) is 9.51 Å². The largest absolute Gasteiger partial charge is 0.370 e. The number of para-hydroxylation sites is 1. The average molecular weight is 474 g/mol. The molecule has 0 aliphatic carbocycles. The average Bonchev–Trinajstić information content (AvgIpc) is 3.22. The number of rotatable bonds is 3. The van der Waals surface area contributed by atoms with E-state index in [1.807, 2.05) is 24.3 Å². The summed E-state index contributed by atoms with van der Waals surface area (Å²) < 4.78 is 6.77. The second-order valence-corrected chi connectivity index (χ2v) is 9.18. The first-order valence-corrected chi connectivity index (χ1v) is 11.4. The molecule has 0 spiro atoms. The van der Waals surface area contributed by atoms with Crippen molar-refractivity contribution >= 4 is 21.6 Å². The van der Waals surface area contributed by atoms with Gasteiger partial charge in [-0.3, -0.25) is 0 Å². The third-order valence-electron chi connectivity index (χ3n) is 6.08. The van der Waals surface area contributed by atoms with E-state index in [-0.39, 0.29) is 12.0 Å². The minimum atomic E-state index is -0.219. The summed E-state index contributed by atoms with van der Waals surface area (Å²) in [7, 11) is 0. The molecule has 0 fully saturated rings. The van der Waals surface area contributed by atoms with Crippen molar-refractivity contribution in [1.29, 1.82) is 0 Å². The van der Waals surface area contributed by atoms with E-state index in [1.165, 1.54) is 27.9 Å². The molecular weight excluding hydrogens is 450 g/mol. The van der Waals surface area contributed by atoms with Crippen molar-refractivity contribution in [2.75, 3.05) is 5.32 Å². The molecule has 5 heteroatoms. The van der Waals surface area contributed by atoms with Crippen LogP contribution in [-0.2, 0) is 0 Å². The Bertz CT molecular complexity index is 1250. The Balaban J connectivity index is 1.67. The molecule has 2 unspecified atom stereocenters. The van der Waals surface area contributed by atoms with Crippen molar-refractivity contribution in [3.05, 3.63) is 99.3 Å². The molecule has 156 valence electrons. The molecule has 2 heterocycles. The van der Waals surface area contributed by atoms with Crippen LogP contribution in [0.2, 0.25) is 0 Å².